The van der Waals surface area contributed by atoms with Crippen LogP contribution in [0, 0.1) is 5.82 Å². The number of hydrogen-bond acceptors (Lipinski definition) is 7. The van der Waals surface area contributed by atoms with E-state index in [1.54, 1.807) is 0 Å². The van der Waals surface area contributed by atoms with E-state index in [1.165, 1.54) is 0 Å². The van der Waals surface area contributed by atoms with Crippen molar-refractivity contribution in [1.29, 1.82) is 0 Å². The van der Waals surface area contributed by atoms with Crippen LogP contribution in [-0.4, -0.2) is 83.8 Å². The van der Waals surface area contributed by atoms with Gasteiger partial charge in [-0.05, 0) is 24.6 Å². The van der Waals surface area contributed by atoms with E-state index in [0.29, 0.717) is 19.8 Å². The first-order chi connectivity index (χ1) is 13.2. The number of morpholine rings is 1. The Morgan fingerprint density at radius 2 is 2.00 bits per heavy atom. The van der Waals surface area contributed by atoms with Crippen LogP contribution in [0.5, 0.6) is 0 Å². The van der Waals surface area contributed by atoms with Crippen molar-refractivity contribution in [3.05, 3.63) is 29.6 Å². The van der Waals surface area contributed by atoms with E-state index in [-0.39, 0.29) is 29.2 Å². The van der Waals surface area contributed by atoms with Gasteiger partial charge < -0.3 is 10.1 Å². The minimum atomic E-state index is -3.97. The van der Waals surface area contributed by atoms with Crippen LogP contribution in [0.15, 0.2) is 23.1 Å². The van der Waals surface area contributed by atoms with Crippen molar-refractivity contribution >= 4 is 25.6 Å². The van der Waals surface area contributed by atoms with E-state index >= 15 is 0 Å². The molecule has 2 aliphatic heterocycles. The first-order valence-corrected chi connectivity index (χ1v) is 12.4. The van der Waals surface area contributed by atoms with E-state index < -0.39 is 42.4 Å². The summed E-state index contributed by atoms with van der Waals surface area (Å²) in [6, 6.07) is 2.98. The maximum Gasteiger partial charge on any atom is 0.254 e. The molecule has 28 heavy (non-hydrogen) atoms. The highest BCUT2D eigenvalue weighted by Crippen LogP contribution is 2.26. The average molecular weight is 435 g/mol. The fourth-order valence-corrected chi connectivity index (χ4v) is 7.69. The first kappa shape index (κ1) is 21.2. The molecule has 0 aromatic heterocycles. The van der Waals surface area contributed by atoms with Gasteiger partial charge in [-0.1, -0.05) is 0 Å². The Bertz CT molecular complexity index is 942. The number of nitrogens with zero attached hydrogens (tertiary/aromatic N) is 1. The lowest BCUT2D eigenvalue weighted by Gasteiger charge is -2.26. The molecule has 0 radical (unpaired) electrons. The standard InChI is InChI=1S/C17H23FN2O6S2/c18-16-2-1-13(28(24,25)14-3-10-27(22,23)12-14)11-15(16)17(21)19-4-5-20-6-8-26-9-7-20/h1-2,11,14H,3-10,12H2,(H,19,21). The highest BCUT2D eigenvalue weighted by atomic mass is 32.2. The summed E-state index contributed by atoms with van der Waals surface area (Å²) in [5, 5.41) is 1.53. The molecule has 0 bridgehead atoms. The van der Waals surface area contributed by atoms with Crippen LogP contribution in [-0.2, 0) is 24.4 Å². The summed E-state index contributed by atoms with van der Waals surface area (Å²) in [4.78, 5) is 14.2. The van der Waals surface area contributed by atoms with Gasteiger partial charge in [-0.25, -0.2) is 21.2 Å². The van der Waals surface area contributed by atoms with E-state index in [4.69, 9.17) is 4.74 Å². The molecule has 1 aromatic rings. The van der Waals surface area contributed by atoms with Crippen LogP contribution >= 0.6 is 0 Å². The summed E-state index contributed by atoms with van der Waals surface area (Å²) in [6.45, 7) is 3.62. The second kappa shape index (κ2) is 8.44. The number of carbonyl (C=O) groups excluding carboxylic acids is 1. The predicted molar refractivity (Wildman–Crippen MR) is 100 cm³/mol. The van der Waals surface area contributed by atoms with E-state index in [1.807, 2.05) is 0 Å². The molecule has 1 N–H and O–H groups in total. The first-order valence-electron chi connectivity index (χ1n) is 9.01. The number of benzene rings is 1. The molecule has 2 saturated heterocycles. The van der Waals surface area contributed by atoms with Gasteiger partial charge in [-0.2, -0.15) is 0 Å². The molecule has 2 aliphatic rings. The predicted octanol–water partition coefficient (Wildman–Crippen LogP) is -0.151. The Hall–Kier alpha value is -1.56. The van der Waals surface area contributed by atoms with Gasteiger partial charge in [0.1, 0.15) is 5.82 Å². The third kappa shape index (κ3) is 4.88. The lowest BCUT2D eigenvalue weighted by molar-refractivity contribution is 0.0383. The quantitative estimate of drug-likeness (QED) is 0.620. The van der Waals surface area contributed by atoms with Crippen molar-refractivity contribution < 1.29 is 30.8 Å². The van der Waals surface area contributed by atoms with Crippen molar-refractivity contribution in [3.8, 4) is 0 Å². The van der Waals surface area contributed by atoms with Crippen LogP contribution in [0.3, 0.4) is 0 Å². The number of rotatable bonds is 6. The SMILES string of the molecule is O=C(NCCN1CCOCC1)c1cc(S(=O)(=O)C2CCS(=O)(=O)C2)ccc1F. The van der Waals surface area contributed by atoms with Crippen LogP contribution in [0.25, 0.3) is 0 Å². The molecule has 0 aliphatic carbocycles. The molecule has 1 unspecified atom stereocenters. The largest absolute Gasteiger partial charge is 0.379 e. The Balaban J connectivity index is 1.69. The van der Waals surface area contributed by atoms with Crippen LogP contribution < -0.4 is 5.32 Å². The van der Waals surface area contributed by atoms with Gasteiger partial charge in [0.25, 0.3) is 5.91 Å². The van der Waals surface area contributed by atoms with E-state index in [9.17, 15) is 26.0 Å². The van der Waals surface area contributed by atoms with Gasteiger partial charge in [-0.15, -0.1) is 0 Å². The summed E-state index contributed by atoms with van der Waals surface area (Å²) >= 11 is 0. The highest BCUT2D eigenvalue weighted by molar-refractivity contribution is 7.96. The second-order valence-electron chi connectivity index (χ2n) is 6.92. The number of amides is 1. The monoisotopic (exact) mass is 434 g/mol. The van der Waals surface area contributed by atoms with Gasteiger partial charge in [-0.3, -0.25) is 9.69 Å². The zero-order valence-electron chi connectivity index (χ0n) is 15.3. The Morgan fingerprint density at radius 3 is 2.64 bits per heavy atom. The zero-order valence-corrected chi connectivity index (χ0v) is 16.9. The van der Waals surface area contributed by atoms with Crippen molar-refractivity contribution in [3.63, 3.8) is 0 Å². The Morgan fingerprint density at radius 1 is 1.29 bits per heavy atom. The molecule has 1 aromatic carbocycles. The lowest BCUT2D eigenvalue weighted by Crippen LogP contribution is -2.41. The van der Waals surface area contributed by atoms with Crippen LogP contribution in [0.2, 0.25) is 0 Å². The topological polar surface area (TPSA) is 110 Å². The smallest absolute Gasteiger partial charge is 0.254 e. The molecule has 11 heteroatoms. The van der Waals surface area contributed by atoms with E-state index in [0.717, 1.165) is 31.3 Å². The number of nitrogens with one attached hydrogen (secondary N) is 1. The van der Waals surface area contributed by atoms with Crippen molar-refractivity contribution in [2.45, 2.75) is 16.6 Å². The Kier molecular flexibility index (Phi) is 6.37. The third-order valence-corrected chi connectivity index (χ3v) is 9.13. The molecule has 0 saturated carbocycles. The molecule has 8 nitrogen and oxygen atoms in total. The Labute approximate surface area is 163 Å². The second-order valence-corrected chi connectivity index (χ2v) is 11.4. The van der Waals surface area contributed by atoms with Gasteiger partial charge >= 0.3 is 0 Å². The molecular formula is C17H23FN2O6S2. The molecule has 1 atom stereocenters. The minimum absolute atomic E-state index is 0.00310. The van der Waals surface area contributed by atoms with Gasteiger partial charge in [0.2, 0.25) is 0 Å². The normalized spacial score (nSPS) is 22.8. The third-order valence-electron chi connectivity index (χ3n) is 4.96. The maximum absolute atomic E-state index is 14.1. The lowest BCUT2D eigenvalue weighted by atomic mass is 10.2. The van der Waals surface area contributed by atoms with Gasteiger partial charge in [0.05, 0.1) is 40.4 Å². The van der Waals surface area contributed by atoms with Crippen LogP contribution in [0.4, 0.5) is 4.39 Å². The number of halogens is 1. The fraction of sp³-hybridized carbons (Fsp3) is 0.588. The summed E-state index contributed by atoms with van der Waals surface area (Å²) in [5.41, 5.74) is -0.371. The number of hydrogen-bond donors (Lipinski definition) is 1. The van der Waals surface area contributed by atoms with Crippen LogP contribution in [0.1, 0.15) is 16.8 Å². The maximum atomic E-state index is 14.1. The van der Waals surface area contributed by atoms with E-state index in [2.05, 4.69) is 10.2 Å². The fourth-order valence-electron chi connectivity index (χ4n) is 3.30. The molecule has 3 rings (SSSR count). The van der Waals surface area contributed by atoms with Crippen molar-refractivity contribution in [2.75, 3.05) is 50.9 Å². The minimum Gasteiger partial charge on any atom is -0.379 e. The average Bonchev–Trinajstić information content (AvgIpc) is 3.03. The van der Waals surface area contributed by atoms with Crippen molar-refractivity contribution in [1.82, 2.24) is 10.2 Å². The van der Waals surface area contributed by atoms with Gasteiger partial charge in [0.15, 0.2) is 19.7 Å². The molecule has 1 amide bonds. The summed E-state index contributed by atoms with van der Waals surface area (Å²) < 4.78 is 67.9. The van der Waals surface area contributed by atoms with Gasteiger partial charge in [0, 0.05) is 26.2 Å². The molecule has 156 valence electrons. The summed E-state index contributed by atoms with van der Waals surface area (Å²) in [7, 11) is -7.36. The number of carbonyl (C=O) groups is 1. The van der Waals surface area contributed by atoms with Crippen molar-refractivity contribution in [2.24, 2.45) is 0 Å². The summed E-state index contributed by atoms with van der Waals surface area (Å²) in [6.07, 6.45) is 0.00310. The molecule has 2 fully saturated rings. The number of sulfone groups is 2. The summed E-state index contributed by atoms with van der Waals surface area (Å²) in [5.74, 6) is -2.18. The molecule has 0 spiro atoms. The molecular weight excluding hydrogens is 411 g/mol. The molecule has 2 heterocycles. The number of ether oxygens (including phenoxy) is 1. The highest BCUT2D eigenvalue weighted by Gasteiger charge is 2.38. The zero-order chi connectivity index (χ0) is 20.4.